The van der Waals surface area contributed by atoms with Crippen LogP contribution in [0, 0.1) is 6.92 Å². The van der Waals surface area contributed by atoms with Crippen molar-refractivity contribution in [2.45, 2.75) is 44.6 Å². The van der Waals surface area contributed by atoms with Gasteiger partial charge in [-0.3, -0.25) is 9.62 Å². The van der Waals surface area contributed by atoms with Gasteiger partial charge in [-0.25, -0.2) is 8.42 Å². The fourth-order valence-corrected chi connectivity index (χ4v) is 4.56. The molecule has 0 radical (unpaired) electrons. The lowest BCUT2D eigenvalue weighted by atomic mass is 10.0. The third kappa shape index (κ3) is 4.74. The van der Waals surface area contributed by atoms with Crippen molar-refractivity contribution >= 4 is 15.7 Å². The highest BCUT2D eigenvalue weighted by Crippen LogP contribution is 2.27. The number of benzene rings is 2. The summed E-state index contributed by atoms with van der Waals surface area (Å²) in [7, 11) is -3.62. The van der Waals surface area contributed by atoms with Gasteiger partial charge in [-0.1, -0.05) is 45.0 Å². The zero-order valence-electron chi connectivity index (χ0n) is 17.1. The third-order valence-corrected chi connectivity index (χ3v) is 6.70. The van der Waals surface area contributed by atoms with Crippen LogP contribution in [0.2, 0.25) is 0 Å². The highest BCUT2D eigenvalue weighted by molar-refractivity contribution is 7.92. The van der Waals surface area contributed by atoms with Gasteiger partial charge in [0.2, 0.25) is 0 Å². The number of rotatable bonds is 6. The van der Waals surface area contributed by atoms with Gasteiger partial charge >= 0.3 is 0 Å². The molecule has 28 heavy (non-hydrogen) atoms. The van der Waals surface area contributed by atoms with Crippen molar-refractivity contribution in [3.63, 3.8) is 0 Å². The maximum atomic E-state index is 12.8. The molecule has 1 aliphatic rings. The van der Waals surface area contributed by atoms with Crippen LogP contribution in [0.15, 0.2) is 47.4 Å². The van der Waals surface area contributed by atoms with Gasteiger partial charge in [-0.05, 0) is 54.3 Å². The number of aryl methyl sites for hydroxylation is 1. The third-order valence-electron chi connectivity index (χ3n) is 5.32. The minimum Gasteiger partial charge on any atom is -0.371 e. The van der Waals surface area contributed by atoms with Crippen LogP contribution in [0.1, 0.15) is 49.5 Å². The SMILES string of the molecule is CCN1CCOC(c2ccc(NS(=O)(=O)c3ccc(C(C)C)cc3)c(C)c2)C1. The Kier molecular flexibility index (Phi) is 6.43. The molecule has 5 nitrogen and oxygen atoms in total. The molecule has 1 N–H and O–H groups in total. The molecule has 0 spiro atoms. The minimum absolute atomic E-state index is 0.0293. The Morgan fingerprint density at radius 3 is 2.50 bits per heavy atom. The maximum absolute atomic E-state index is 12.8. The van der Waals surface area contributed by atoms with Crippen LogP contribution < -0.4 is 4.72 Å². The summed E-state index contributed by atoms with van der Waals surface area (Å²) in [5.41, 5.74) is 3.69. The van der Waals surface area contributed by atoms with Gasteiger partial charge < -0.3 is 4.74 Å². The fraction of sp³-hybridized carbons (Fsp3) is 0.455. The minimum atomic E-state index is -3.62. The number of hydrogen-bond donors (Lipinski definition) is 1. The smallest absolute Gasteiger partial charge is 0.261 e. The van der Waals surface area contributed by atoms with Crippen molar-refractivity contribution in [2.75, 3.05) is 31.0 Å². The number of morpholine rings is 1. The fourth-order valence-electron chi connectivity index (χ4n) is 3.43. The Morgan fingerprint density at radius 1 is 1.18 bits per heavy atom. The van der Waals surface area contributed by atoms with Crippen LogP contribution in [-0.2, 0) is 14.8 Å². The Balaban J connectivity index is 1.76. The molecule has 152 valence electrons. The molecule has 0 amide bonds. The van der Waals surface area contributed by atoms with Crippen LogP contribution >= 0.6 is 0 Å². The molecular formula is C22H30N2O3S. The van der Waals surface area contributed by atoms with Crippen LogP contribution in [-0.4, -0.2) is 39.6 Å². The zero-order valence-corrected chi connectivity index (χ0v) is 17.9. The van der Waals surface area contributed by atoms with E-state index in [2.05, 4.69) is 30.4 Å². The Bertz CT molecular complexity index is 908. The molecule has 1 saturated heterocycles. The molecule has 0 aromatic heterocycles. The molecule has 2 aromatic rings. The van der Waals surface area contributed by atoms with Gasteiger partial charge in [-0.15, -0.1) is 0 Å². The summed E-state index contributed by atoms with van der Waals surface area (Å²) in [6, 6.07) is 12.9. The number of ether oxygens (including phenoxy) is 1. The highest BCUT2D eigenvalue weighted by atomic mass is 32.2. The van der Waals surface area contributed by atoms with Gasteiger partial charge in [-0.2, -0.15) is 0 Å². The lowest BCUT2D eigenvalue weighted by Gasteiger charge is -2.32. The predicted octanol–water partition coefficient (Wildman–Crippen LogP) is 4.31. The van der Waals surface area contributed by atoms with Gasteiger partial charge in [0.25, 0.3) is 10.0 Å². The number of nitrogens with one attached hydrogen (secondary N) is 1. The summed E-state index contributed by atoms with van der Waals surface area (Å²) in [5, 5.41) is 0. The van der Waals surface area contributed by atoms with E-state index in [-0.39, 0.29) is 11.0 Å². The number of sulfonamides is 1. The van der Waals surface area contributed by atoms with E-state index in [9.17, 15) is 8.42 Å². The summed E-state index contributed by atoms with van der Waals surface area (Å²) < 4.78 is 34.2. The quantitative estimate of drug-likeness (QED) is 0.782. The van der Waals surface area contributed by atoms with Crippen molar-refractivity contribution in [1.29, 1.82) is 0 Å². The van der Waals surface area contributed by atoms with E-state index >= 15 is 0 Å². The van der Waals surface area contributed by atoms with Crippen LogP contribution in [0.3, 0.4) is 0 Å². The predicted molar refractivity (Wildman–Crippen MR) is 113 cm³/mol. The van der Waals surface area contributed by atoms with Crippen LogP contribution in [0.4, 0.5) is 5.69 Å². The monoisotopic (exact) mass is 402 g/mol. The van der Waals surface area contributed by atoms with E-state index in [1.54, 1.807) is 12.1 Å². The van der Waals surface area contributed by atoms with Crippen molar-refractivity contribution in [3.05, 3.63) is 59.2 Å². The average molecular weight is 403 g/mol. The largest absolute Gasteiger partial charge is 0.371 e. The second-order valence-corrected chi connectivity index (χ2v) is 9.34. The van der Waals surface area contributed by atoms with E-state index < -0.39 is 10.0 Å². The first kappa shape index (κ1) is 20.8. The lowest BCUT2D eigenvalue weighted by Crippen LogP contribution is -2.38. The normalized spacial score (nSPS) is 18.4. The Hall–Kier alpha value is -1.89. The van der Waals surface area contributed by atoms with Gasteiger partial charge in [0.05, 0.1) is 23.3 Å². The molecule has 3 rings (SSSR count). The molecule has 1 unspecified atom stereocenters. The summed E-state index contributed by atoms with van der Waals surface area (Å²) in [4.78, 5) is 2.63. The number of anilines is 1. The number of nitrogens with zero attached hydrogens (tertiary/aromatic N) is 1. The van der Waals surface area contributed by atoms with Crippen molar-refractivity contribution < 1.29 is 13.2 Å². The van der Waals surface area contributed by atoms with E-state index in [0.717, 1.165) is 42.9 Å². The average Bonchev–Trinajstić information content (AvgIpc) is 2.69. The van der Waals surface area contributed by atoms with Gasteiger partial charge in [0, 0.05) is 13.1 Å². The first-order valence-electron chi connectivity index (χ1n) is 9.87. The van der Waals surface area contributed by atoms with E-state index in [1.165, 1.54) is 0 Å². The summed E-state index contributed by atoms with van der Waals surface area (Å²) in [5.74, 6) is 0.366. The second kappa shape index (κ2) is 8.64. The van der Waals surface area contributed by atoms with E-state index in [1.807, 2.05) is 37.3 Å². The molecule has 1 fully saturated rings. The molecule has 0 aliphatic carbocycles. The molecule has 6 heteroatoms. The molecule has 0 saturated carbocycles. The summed E-state index contributed by atoms with van der Waals surface area (Å²) in [6.07, 6.45) is 0.0293. The number of hydrogen-bond acceptors (Lipinski definition) is 4. The van der Waals surface area contributed by atoms with E-state index in [0.29, 0.717) is 11.6 Å². The molecular weight excluding hydrogens is 372 g/mol. The van der Waals surface area contributed by atoms with Crippen LogP contribution in [0.25, 0.3) is 0 Å². The number of likely N-dealkylation sites (N-methyl/N-ethyl adjacent to an activating group) is 1. The Labute approximate surface area is 168 Å². The first-order valence-corrected chi connectivity index (χ1v) is 11.4. The van der Waals surface area contributed by atoms with Crippen molar-refractivity contribution in [3.8, 4) is 0 Å². The van der Waals surface area contributed by atoms with Crippen LogP contribution in [0.5, 0.6) is 0 Å². The first-order chi connectivity index (χ1) is 13.3. The highest BCUT2D eigenvalue weighted by Gasteiger charge is 2.22. The van der Waals surface area contributed by atoms with E-state index in [4.69, 9.17) is 4.74 Å². The van der Waals surface area contributed by atoms with Crippen molar-refractivity contribution in [1.82, 2.24) is 4.90 Å². The lowest BCUT2D eigenvalue weighted by molar-refractivity contribution is -0.0281. The molecule has 1 heterocycles. The van der Waals surface area contributed by atoms with Gasteiger partial charge in [0.15, 0.2) is 0 Å². The second-order valence-electron chi connectivity index (χ2n) is 7.66. The summed E-state index contributed by atoms with van der Waals surface area (Å²) >= 11 is 0. The topological polar surface area (TPSA) is 58.6 Å². The molecule has 1 atom stereocenters. The molecule has 1 aliphatic heterocycles. The van der Waals surface area contributed by atoms with Gasteiger partial charge in [0.1, 0.15) is 0 Å². The Morgan fingerprint density at radius 2 is 1.89 bits per heavy atom. The zero-order chi connectivity index (χ0) is 20.3. The van der Waals surface area contributed by atoms with Crippen molar-refractivity contribution in [2.24, 2.45) is 0 Å². The standard InChI is InChI=1S/C22H30N2O3S/c1-5-24-12-13-27-22(15-24)19-8-11-21(17(4)14-19)23-28(25,26)20-9-6-18(7-10-20)16(2)3/h6-11,14,16,22-23H,5,12-13,15H2,1-4H3. The summed E-state index contributed by atoms with van der Waals surface area (Å²) in [6.45, 7) is 11.8. The maximum Gasteiger partial charge on any atom is 0.261 e. The molecule has 0 bridgehead atoms. The molecule has 2 aromatic carbocycles.